The highest BCUT2D eigenvalue weighted by Crippen LogP contribution is 2.30. The number of aromatic hydroxyl groups is 1. The molecule has 7 nitrogen and oxygen atoms in total. The Labute approximate surface area is 369 Å². The summed E-state index contributed by atoms with van der Waals surface area (Å²) in [6.07, 6.45) is 41.9. The van der Waals surface area contributed by atoms with Crippen LogP contribution in [0.2, 0.25) is 0 Å². The van der Waals surface area contributed by atoms with Gasteiger partial charge in [-0.1, -0.05) is 213 Å². The molecule has 0 heterocycles. The van der Waals surface area contributed by atoms with Gasteiger partial charge in [-0.05, 0) is 49.6 Å². The predicted molar refractivity (Wildman–Crippen MR) is 257 cm³/mol. The zero-order valence-corrected chi connectivity index (χ0v) is 39.7. The Morgan fingerprint density at radius 2 is 0.932 bits per heavy atom. The van der Waals surface area contributed by atoms with Crippen LogP contribution in [-0.4, -0.2) is 37.4 Å². The van der Waals surface area contributed by atoms with E-state index in [-0.39, 0.29) is 40.3 Å². The van der Waals surface area contributed by atoms with E-state index in [9.17, 15) is 18.3 Å². The van der Waals surface area contributed by atoms with Gasteiger partial charge in [-0.2, -0.15) is 0 Å². The molecule has 0 aliphatic carbocycles. The molecular formula is C50H88ClN3O4S. The molecule has 4 N–H and O–H groups in total. The number of benzene rings is 2. The van der Waals surface area contributed by atoms with Crippen LogP contribution < -0.4 is 10.5 Å². The van der Waals surface area contributed by atoms with Crippen LogP contribution in [0, 0.1) is 6.92 Å². The van der Waals surface area contributed by atoms with Crippen LogP contribution in [0.25, 0.3) is 0 Å². The van der Waals surface area contributed by atoms with Crippen molar-refractivity contribution in [1.29, 1.82) is 0 Å². The first-order valence-electron chi connectivity index (χ1n) is 24.2. The predicted octanol–water partition coefficient (Wildman–Crippen LogP) is 15.5. The molecule has 0 bridgehead atoms. The van der Waals surface area contributed by atoms with Gasteiger partial charge in [-0.25, -0.2) is 8.42 Å². The lowest BCUT2D eigenvalue weighted by Crippen LogP contribution is -2.33. The maximum atomic E-state index is 14.0. The monoisotopic (exact) mass is 862 g/mol. The van der Waals surface area contributed by atoms with Crippen molar-refractivity contribution in [3.8, 4) is 5.75 Å². The van der Waals surface area contributed by atoms with Crippen molar-refractivity contribution in [2.24, 2.45) is 0 Å². The second-order valence-electron chi connectivity index (χ2n) is 17.3. The van der Waals surface area contributed by atoms with E-state index >= 15 is 0 Å². The minimum Gasteiger partial charge on any atom is -0.506 e. The lowest BCUT2D eigenvalue weighted by molar-refractivity contribution is 0.0749. The highest BCUT2D eigenvalue weighted by Gasteiger charge is 2.21. The molecule has 2 aromatic rings. The minimum atomic E-state index is -4.01. The van der Waals surface area contributed by atoms with E-state index < -0.39 is 10.0 Å². The molecule has 0 saturated carbocycles. The number of unbranched alkanes of at least 4 members (excludes halogenated alkanes) is 30. The van der Waals surface area contributed by atoms with E-state index in [2.05, 4.69) is 18.6 Å². The number of carbonyl (C=O) groups excluding carboxylic acids is 1. The number of hydrogen-bond donors (Lipinski definition) is 3. The Morgan fingerprint density at radius 1 is 0.576 bits per heavy atom. The number of nitrogen functional groups attached to an aromatic ring is 1. The normalized spacial score (nSPS) is 11.4. The van der Waals surface area contributed by atoms with Gasteiger partial charge in [0.15, 0.2) is 0 Å². The average Bonchev–Trinajstić information content (AvgIpc) is 3.21. The number of phenolic OH excluding ortho intramolecular Hbond substituents is 1. The Kier molecular flexibility index (Phi) is 32.5. The largest absolute Gasteiger partial charge is 0.506 e. The third-order valence-corrected chi connectivity index (χ3v) is 13.2. The molecule has 0 unspecified atom stereocenters. The number of nitrogens with two attached hydrogens (primary N) is 1. The number of aryl methyl sites for hydroxylation is 1. The summed E-state index contributed by atoms with van der Waals surface area (Å²) in [5.74, 6) is -0.300. The lowest BCUT2D eigenvalue weighted by atomic mass is 10.0. The fraction of sp³-hybridized carbons (Fsp3) is 0.740. The number of amides is 1. The molecule has 2 rings (SSSR count). The Hall–Kier alpha value is -2.45. The van der Waals surface area contributed by atoms with Crippen molar-refractivity contribution in [3.05, 3.63) is 47.5 Å². The van der Waals surface area contributed by atoms with Gasteiger partial charge in [0.25, 0.3) is 15.9 Å². The SMILES string of the molecule is CCCCCCCCCCCCCCCCCCN(CCCCCCCCCCCCCCCCCC)C(=O)c1cccc(S(=O)(=O)Nc2cc(O)c(N)cc2C)c1.Cl. The first kappa shape index (κ1) is 54.6. The summed E-state index contributed by atoms with van der Waals surface area (Å²) in [5.41, 5.74) is 7.19. The molecule has 0 fully saturated rings. The molecule has 1 amide bonds. The van der Waals surface area contributed by atoms with Gasteiger partial charge in [0.2, 0.25) is 0 Å². The molecule has 9 heteroatoms. The summed E-state index contributed by atoms with van der Waals surface area (Å²) in [7, 11) is -4.01. The van der Waals surface area contributed by atoms with Crippen molar-refractivity contribution >= 4 is 39.7 Å². The van der Waals surface area contributed by atoms with E-state index in [4.69, 9.17) is 5.73 Å². The van der Waals surface area contributed by atoms with Crippen molar-refractivity contribution in [2.45, 2.75) is 231 Å². The number of anilines is 2. The van der Waals surface area contributed by atoms with Crippen molar-refractivity contribution in [2.75, 3.05) is 23.5 Å². The molecule has 59 heavy (non-hydrogen) atoms. The Bertz CT molecular complexity index is 1420. The van der Waals surface area contributed by atoms with Crippen molar-refractivity contribution in [3.63, 3.8) is 0 Å². The summed E-state index contributed by atoms with van der Waals surface area (Å²) in [6.45, 7) is 7.66. The van der Waals surface area contributed by atoms with E-state index in [0.717, 1.165) is 25.7 Å². The number of nitrogens with one attached hydrogen (secondary N) is 1. The highest BCUT2D eigenvalue weighted by molar-refractivity contribution is 7.92. The number of nitrogens with zero attached hydrogens (tertiary/aromatic N) is 1. The molecule has 0 saturated heterocycles. The number of hydrogen-bond acceptors (Lipinski definition) is 5. The van der Waals surface area contributed by atoms with Crippen molar-refractivity contribution < 1.29 is 18.3 Å². The fourth-order valence-electron chi connectivity index (χ4n) is 8.03. The van der Waals surface area contributed by atoms with Crippen LogP contribution in [0.3, 0.4) is 0 Å². The molecule has 2 aromatic carbocycles. The summed E-state index contributed by atoms with van der Waals surface area (Å²) in [6, 6.07) is 9.18. The van der Waals surface area contributed by atoms with Gasteiger partial charge in [0.1, 0.15) is 5.75 Å². The molecule has 340 valence electrons. The first-order chi connectivity index (χ1) is 28.2. The molecule has 0 radical (unpaired) electrons. The zero-order valence-electron chi connectivity index (χ0n) is 38.0. The average molecular weight is 863 g/mol. The maximum Gasteiger partial charge on any atom is 0.261 e. The summed E-state index contributed by atoms with van der Waals surface area (Å²) < 4.78 is 29.4. The quantitative estimate of drug-likeness (QED) is 0.0354. The highest BCUT2D eigenvalue weighted by atomic mass is 35.5. The van der Waals surface area contributed by atoms with E-state index in [1.165, 1.54) is 204 Å². The third-order valence-electron chi connectivity index (χ3n) is 11.9. The van der Waals surface area contributed by atoms with Crippen LogP contribution in [0.1, 0.15) is 235 Å². The molecule has 0 aliphatic rings. The van der Waals surface area contributed by atoms with Gasteiger partial charge >= 0.3 is 0 Å². The number of halogens is 1. The number of sulfonamides is 1. The second-order valence-corrected chi connectivity index (χ2v) is 18.9. The molecular weight excluding hydrogens is 774 g/mol. The second kappa shape index (κ2) is 35.2. The standard InChI is InChI=1S/C50H87N3O4S.ClH/c1-4-6-8-10-12-14-16-18-20-22-24-26-28-30-32-34-39-53(40-35-33-31-29-27-25-23-21-19-17-15-13-11-9-7-5-2)50(55)45-37-36-38-46(42-45)58(56,57)52-48-43-49(54)47(51)41-44(48)3;/h36-38,41-43,52,54H,4-35,39-40,51H2,1-3H3;1H. The van der Waals surface area contributed by atoms with Gasteiger partial charge in [-0.3, -0.25) is 9.52 Å². The molecule has 0 aliphatic heterocycles. The van der Waals surface area contributed by atoms with Crippen molar-refractivity contribution in [1.82, 2.24) is 4.90 Å². The number of rotatable bonds is 38. The topological polar surface area (TPSA) is 113 Å². The first-order valence-corrected chi connectivity index (χ1v) is 25.7. The van der Waals surface area contributed by atoms with Crippen LogP contribution >= 0.6 is 12.4 Å². The van der Waals surface area contributed by atoms with Crippen LogP contribution in [-0.2, 0) is 10.0 Å². The van der Waals surface area contributed by atoms with Gasteiger partial charge in [0, 0.05) is 24.7 Å². The number of carbonyl (C=O) groups is 1. The summed E-state index contributed by atoms with van der Waals surface area (Å²) >= 11 is 0. The fourth-order valence-corrected chi connectivity index (χ4v) is 9.19. The van der Waals surface area contributed by atoms with E-state index in [1.807, 2.05) is 4.90 Å². The maximum absolute atomic E-state index is 14.0. The van der Waals surface area contributed by atoms with Crippen LogP contribution in [0.4, 0.5) is 11.4 Å². The van der Waals surface area contributed by atoms with E-state index in [1.54, 1.807) is 19.1 Å². The third kappa shape index (κ3) is 25.8. The minimum absolute atomic E-state index is 0. The van der Waals surface area contributed by atoms with E-state index in [0.29, 0.717) is 24.2 Å². The summed E-state index contributed by atoms with van der Waals surface area (Å²) in [4.78, 5) is 15.9. The van der Waals surface area contributed by atoms with Gasteiger partial charge < -0.3 is 15.7 Å². The van der Waals surface area contributed by atoms with Gasteiger partial charge in [0.05, 0.1) is 16.3 Å². The zero-order chi connectivity index (χ0) is 42.1. The summed E-state index contributed by atoms with van der Waals surface area (Å²) in [5, 5.41) is 10.1. The smallest absolute Gasteiger partial charge is 0.261 e. The van der Waals surface area contributed by atoms with Gasteiger partial charge in [-0.15, -0.1) is 12.4 Å². The van der Waals surface area contributed by atoms with Crippen LogP contribution in [0.15, 0.2) is 41.3 Å². The lowest BCUT2D eigenvalue weighted by Gasteiger charge is -2.23. The Balaban J connectivity index is 0.0000174. The Morgan fingerprint density at radius 3 is 1.31 bits per heavy atom. The molecule has 0 atom stereocenters. The molecule has 0 spiro atoms. The van der Waals surface area contributed by atoms with Crippen LogP contribution in [0.5, 0.6) is 5.75 Å². The number of phenols is 1. The molecule has 0 aromatic heterocycles.